The Labute approximate surface area is 159 Å². The molecule has 27 heavy (non-hydrogen) atoms. The van der Waals surface area contributed by atoms with E-state index in [0.717, 1.165) is 25.8 Å². The lowest BCUT2D eigenvalue weighted by molar-refractivity contribution is -0.151. The molecular weight excluding hydrogens is 349 g/mol. The molecule has 2 fully saturated rings. The summed E-state index contributed by atoms with van der Waals surface area (Å²) in [5.74, 6) is -0.504. The minimum absolute atomic E-state index is 0.121. The zero-order chi connectivity index (χ0) is 19.2. The summed E-state index contributed by atoms with van der Waals surface area (Å²) in [5.41, 5.74) is 0.512. The summed E-state index contributed by atoms with van der Waals surface area (Å²) in [6.45, 7) is 0.502. The van der Waals surface area contributed by atoms with E-state index >= 15 is 0 Å². The lowest BCUT2D eigenvalue weighted by Gasteiger charge is -2.44. The molecule has 0 bridgehead atoms. The van der Waals surface area contributed by atoms with Crippen molar-refractivity contribution >= 4 is 18.0 Å². The van der Waals surface area contributed by atoms with E-state index in [1.807, 2.05) is 4.90 Å². The number of rotatable bonds is 5. The molecule has 6 heteroatoms. The lowest BCUT2D eigenvalue weighted by atomic mass is 9.78. The SMILES string of the molecule is COc1ccc(/C=C/C(=O)OCC(=O)N2CCC[C@H]3CCCC[C@@H]32)cc1F. The number of piperidine rings is 1. The number of methoxy groups -OCH3 is 1. The smallest absolute Gasteiger partial charge is 0.331 e. The summed E-state index contributed by atoms with van der Waals surface area (Å²) in [7, 11) is 1.39. The first kappa shape index (κ1) is 19.4. The molecule has 1 aromatic carbocycles. The predicted molar refractivity (Wildman–Crippen MR) is 99.6 cm³/mol. The molecular formula is C21H26FNO4. The van der Waals surface area contributed by atoms with Crippen LogP contribution in [0.3, 0.4) is 0 Å². The van der Waals surface area contributed by atoms with Crippen LogP contribution in [0.15, 0.2) is 24.3 Å². The van der Waals surface area contributed by atoms with Crippen molar-refractivity contribution in [1.82, 2.24) is 4.90 Å². The molecule has 1 saturated carbocycles. The monoisotopic (exact) mass is 375 g/mol. The van der Waals surface area contributed by atoms with E-state index in [-0.39, 0.29) is 18.3 Å². The summed E-state index contributed by atoms with van der Waals surface area (Å²) in [6, 6.07) is 4.69. The number of hydrogen-bond donors (Lipinski definition) is 0. The molecule has 0 unspecified atom stereocenters. The second-order valence-corrected chi connectivity index (χ2v) is 7.18. The van der Waals surface area contributed by atoms with Gasteiger partial charge in [-0.1, -0.05) is 18.9 Å². The molecule has 0 radical (unpaired) electrons. The molecule has 2 atom stereocenters. The molecule has 3 rings (SSSR count). The zero-order valence-electron chi connectivity index (χ0n) is 15.7. The summed E-state index contributed by atoms with van der Waals surface area (Å²) in [5, 5.41) is 0. The number of halogens is 1. The van der Waals surface area contributed by atoms with Crippen molar-refractivity contribution in [2.24, 2.45) is 5.92 Å². The maximum absolute atomic E-state index is 13.6. The molecule has 1 aliphatic heterocycles. The topological polar surface area (TPSA) is 55.8 Å². The van der Waals surface area contributed by atoms with Crippen molar-refractivity contribution in [2.45, 2.75) is 44.6 Å². The molecule has 1 saturated heterocycles. The van der Waals surface area contributed by atoms with E-state index in [0.29, 0.717) is 17.5 Å². The second kappa shape index (κ2) is 9.02. The zero-order valence-corrected chi connectivity index (χ0v) is 15.7. The molecule has 1 aromatic rings. The van der Waals surface area contributed by atoms with Crippen LogP contribution in [0, 0.1) is 11.7 Å². The number of benzene rings is 1. The van der Waals surface area contributed by atoms with E-state index in [9.17, 15) is 14.0 Å². The maximum atomic E-state index is 13.6. The van der Waals surface area contributed by atoms with E-state index < -0.39 is 11.8 Å². The van der Waals surface area contributed by atoms with Crippen molar-refractivity contribution in [3.05, 3.63) is 35.7 Å². The molecule has 0 spiro atoms. The van der Waals surface area contributed by atoms with Crippen LogP contribution in [0.4, 0.5) is 4.39 Å². The number of fused-ring (bicyclic) bond motifs is 1. The lowest BCUT2D eigenvalue weighted by Crippen LogP contribution is -2.50. The number of ether oxygens (including phenoxy) is 2. The van der Waals surface area contributed by atoms with Crippen molar-refractivity contribution in [1.29, 1.82) is 0 Å². The molecule has 1 aliphatic carbocycles. The van der Waals surface area contributed by atoms with E-state index in [4.69, 9.17) is 9.47 Å². The fraction of sp³-hybridized carbons (Fsp3) is 0.524. The van der Waals surface area contributed by atoms with Gasteiger partial charge in [-0.25, -0.2) is 9.18 Å². The first-order valence-electron chi connectivity index (χ1n) is 9.56. The number of esters is 1. The molecule has 5 nitrogen and oxygen atoms in total. The molecule has 2 aliphatic rings. The van der Waals surface area contributed by atoms with E-state index in [2.05, 4.69) is 0 Å². The highest BCUT2D eigenvalue weighted by Gasteiger charge is 2.35. The largest absolute Gasteiger partial charge is 0.494 e. The third-order valence-corrected chi connectivity index (χ3v) is 5.49. The summed E-state index contributed by atoms with van der Waals surface area (Å²) < 4.78 is 23.6. The van der Waals surface area contributed by atoms with Gasteiger partial charge in [0.2, 0.25) is 0 Å². The fourth-order valence-corrected chi connectivity index (χ4v) is 4.15. The maximum Gasteiger partial charge on any atom is 0.331 e. The second-order valence-electron chi connectivity index (χ2n) is 7.18. The first-order chi connectivity index (χ1) is 13.1. The molecule has 1 heterocycles. The standard InChI is InChI=1S/C21H26FNO4/c1-26-19-10-8-15(13-17(19)22)9-11-21(25)27-14-20(24)23-12-4-6-16-5-2-3-7-18(16)23/h8-11,13,16,18H,2-7,12,14H2,1H3/b11-9+/t16-,18+/m1/s1. The van der Waals surface area contributed by atoms with E-state index in [1.54, 1.807) is 6.07 Å². The average Bonchev–Trinajstić information content (AvgIpc) is 2.70. The van der Waals surface area contributed by atoms with Gasteiger partial charge in [0.25, 0.3) is 5.91 Å². The molecule has 0 aromatic heterocycles. The summed E-state index contributed by atoms with van der Waals surface area (Å²) in [6.07, 6.45) is 9.50. The van der Waals surface area contributed by atoms with Crippen LogP contribution in [-0.4, -0.2) is 43.1 Å². The van der Waals surface area contributed by atoms with Crippen molar-refractivity contribution in [3.8, 4) is 5.75 Å². The number of amides is 1. The van der Waals surface area contributed by atoms with E-state index in [1.165, 1.54) is 50.7 Å². The van der Waals surface area contributed by atoms with Crippen molar-refractivity contribution in [3.63, 3.8) is 0 Å². The number of hydrogen-bond acceptors (Lipinski definition) is 4. The van der Waals surface area contributed by atoms with Crippen molar-refractivity contribution < 1.29 is 23.5 Å². The number of carbonyl (C=O) groups is 2. The van der Waals surface area contributed by atoms with Gasteiger partial charge in [-0.05, 0) is 55.4 Å². The number of carbonyl (C=O) groups excluding carboxylic acids is 2. The Hall–Kier alpha value is -2.37. The molecule has 1 amide bonds. The minimum Gasteiger partial charge on any atom is -0.494 e. The Morgan fingerprint density at radius 1 is 1.22 bits per heavy atom. The molecule has 146 valence electrons. The summed E-state index contributed by atoms with van der Waals surface area (Å²) in [4.78, 5) is 26.3. The highest BCUT2D eigenvalue weighted by Crippen LogP contribution is 2.35. The number of nitrogens with zero attached hydrogens (tertiary/aromatic N) is 1. The van der Waals surface area contributed by atoms with Crippen LogP contribution >= 0.6 is 0 Å². The van der Waals surface area contributed by atoms with Gasteiger partial charge in [-0.15, -0.1) is 0 Å². The predicted octanol–water partition coefficient (Wildman–Crippen LogP) is 3.57. The minimum atomic E-state index is -0.614. The van der Waals surface area contributed by atoms with Gasteiger partial charge in [0.1, 0.15) is 0 Å². The Kier molecular flexibility index (Phi) is 6.48. The third-order valence-electron chi connectivity index (χ3n) is 5.49. The van der Waals surface area contributed by atoms with Gasteiger partial charge < -0.3 is 14.4 Å². The normalized spacial score (nSPS) is 22.4. The Bertz CT molecular complexity index is 716. The highest BCUT2D eigenvalue weighted by atomic mass is 19.1. The van der Waals surface area contributed by atoms with Gasteiger partial charge in [-0.2, -0.15) is 0 Å². The van der Waals surface area contributed by atoms with Gasteiger partial charge in [-0.3, -0.25) is 4.79 Å². The first-order valence-corrected chi connectivity index (χ1v) is 9.56. The third kappa shape index (κ3) is 4.87. The Balaban J connectivity index is 1.51. The highest BCUT2D eigenvalue weighted by molar-refractivity contribution is 5.89. The number of likely N-dealkylation sites (tertiary alicyclic amines) is 1. The van der Waals surface area contributed by atoms with Crippen LogP contribution in [0.1, 0.15) is 44.1 Å². The Morgan fingerprint density at radius 2 is 2.00 bits per heavy atom. The van der Waals surface area contributed by atoms with Crippen LogP contribution < -0.4 is 4.74 Å². The average molecular weight is 375 g/mol. The van der Waals surface area contributed by atoms with Crippen LogP contribution in [0.2, 0.25) is 0 Å². The van der Waals surface area contributed by atoms with Gasteiger partial charge >= 0.3 is 5.97 Å². The molecule has 0 N–H and O–H groups in total. The van der Waals surface area contributed by atoms with Gasteiger partial charge in [0, 0.05) is 18.7 Å². The van der Waals surface area contributed by atoms with Gasteiger partial charge in [0.05, 0.1) is 7.11 Å². The summed E-state index contributed by atoms with van der Waals surface area (Å²) >= 11 is 0. The van der Waals surface area contributed by atoms with Crippen LogP contribution in [0.25, 0.3) is 6.08 Å². The van der Waals surface area contributed by atoms with Crippen LogP contribution in [-0.2, 0) is 14.3 Å². The van der Waals surface area contributed by atoms with Crippen molar-refractivity contribution in [2.75, 3.05) is 20.3 Å². The quantitative estimate of drug-likeness (QED) is 0.583. The van der Waals surface area contributed by atoms with Gasteiger partial charge in [0.15, 0.2) is 18.2 Å². The fourth-order valence-electron chi connectivity index (χ4n) is 4.15. The van der Waals surface area contributed by atoms with Crippen LogP contribution in [0.5, 0.6) is 5.75 Å². The Morgan fingerprint density at radius 3 is 2.78 bits per heavy atom.